The monoisotopic (exact) mass is 323 g/mol. The lowest BCUT2D eigenvalue weighted by molar-refractivity contribution is -0.142. The Hall–Kier alpha value is -0.430. The van der Waals surface area contributed by atoms with Crippen LogP contribution in [-0.2, 0) is 12.1 Å². The quantitative estimate of drug-likeness (QED) is 0.575. The van der Waals surface area contributed by atoms with Gasteiger partial charge in [0.2, 0.25) is 0 Å². The van der Waals surface area contributed by atoms with Crippen LogP contribution >= 0.6 is 27.5 Å². The molecule has 0 saturated heterocycles. The molecule has 0 amide bonds. The van der Waals surface area contributed by atoms with E-state index < -0.39 is 28.3 Å². The van der Waals surface area contributed by atoms with E-state index in [-0.39, 0.29) is 11.4 Å². The Morgan fingerprint density at radius 3 is 2.31 bits per heavy atom. The summed E-state index contributed by atoms with van der Waals surface area (Å²) in [7, 11) is 0. The molecule has 0 radical (unpaired) electrons. The second-order valence-electron chi connectivity index (χ2n) is 2.79. The Kier molecular flexibility index (Phi) is 4.12. The predicted molar refractivity (Wildman–Crippen MR) is 51.5 cm³/mol. The van der Waals surface area contributed by atoms with Crippen LogP contribution in [0.4, 0.5) is 22.0 Å². The van der Waals surface area contributed by atoms with Crippen LogP contribution in [0.15, 0.2) is 10.7 Å². The number of hydrogen-bond acceptors (Lipinski definition) is 1. The maximum atomic E-state index is 12.6. The van der Waals surface area contributed by atoms with Crippen molar-refractivity contribution in [3.8, 4) is 0 Å². The number of rotatable bonds is 2. The minimum atomic E-state index is -4.78. The standard InChI is InChI=1S/C8H4BrClF5N/c9-5-4(7(11)12)3(1-10)2-16-6(5)8(13,14)15/h2,7H,1H2. The third-order valence-corrected chi connectivity index (χ3v) is 2.86. The van der Waals surface area contributed by atoms with Gasteiger partial charge in [-0.3, -0.25) is 4.98 Å². The smallest absolute Gasteiger partial charge is 0.250 e. The maximum Gasteiger partial charge on any atom is 0.434 e. The molecule has 0 atom stereocenters. The maximum absolute atomic E-state index is 12.6. The molecule has 0 bridgehead atoms. The average molecular weight is 324 g/mol. The van der Waals surface area contributed by atoms with Crippen molar-refractivity contribution in [1.82, 2.24) is 4.98 Å². The van der Waals surface area contributed by atoms with Gasteiger partial charge in [0.05, 0.1) is 4.47 Å². The molecule has 0 aliphatic rings. The third kappa shape index (κ3) is 2.63. The lowest BCUT2D eigenvalue weighted by Gasteiger charge is -2.14. The Balaban J connectivity index is 3.44. The van der Waals surface area contributed by atoms with Crippen molar-refractivity contribution in [2.24, 2.45) is 0 Å². The predicted octanol–water partition coefficient (Wildman–Crippen LogP) is 4.54. The summed E-state index contributed by atoms with van der Waals surface area (Å²) in [4.78, 5) is 3.07. The number of nitrogens with zero attached hydrogens (tertiary/aromatic N) is 1. The molecule has 0 aliphatic heterocycles. The molecule has 0 unspecified atom stereocenters. The fourth-order valence-corrected chi connectivity index (χ4v) is 2.05. The van der Waals surface area contributed by atoms with Gasteiger partial charge in [0.1, 0.15) is 0 Å². The van der Waals surface area contributed by atoms with Crippen LogP contribution in [0.25, 0.3) is 0 Å². The topological polar surface area (TPSA) is 12.9 Å². The molecule has 0 spiro atoms. The summed E-state index contributed by atoms with van der Waals surface area (Å²) >= 11 is 7.83. The molecule has 16 heavy (non-hydrogen) atoms. The summed E-state index contributed by atoms with van der Waals surface area (Å²) in [6.45, 7) is 0. The molecule has 1 aromatic heterocycles. The zero-order valence-electron chi connectivity index (χ0n) is 7.45. The Labute approximate surface area is 101 Å². The van der Waals surface area contributed by atoms with E-state index in [1.54, 1.807) is 0 Å². The molecule has 0 aromatic carbocycles. The second-order valence-corrected chi connectivity index (χ2v) is 3.85. The van der Waals surface area contributed by atoms with E-state index in [4.69, 9.17) is 11.6 Å². The van der Waals surface area contributed by atoms with E-state index in [9.17, 15) is 22.0 Å². The zero-order valence-corrected chi connectivity index (χ0v) is 9.80. The van der Waals surface area contributed by atoms with Crippen LogP contribution in [0.2, 0.25) is 0 Å². The fraction of sp³-hybridized carbons (Fsp3) is 0.375. The van der Waals surface area contributed by atoms with Crippen LogP contribution in [-0.4, -0.2) is 4.98 Å². The van der Waals surface area contributed by atoms with E-state index in [2.05, 4.69) is 20.9 Å². The van der Waals surface area contributed by atoms with Gasteiger partial charge in [-0.05, 0) is 21.5 Å². The van der Waals surface area contributed by atoms with Gasteiger partial charge in [0.15, 0.2) is 5.69 Å². The van der Waals surface area contributed by atoms with Gasteiger partial charge in [0, 0.05) is 17.6 Å². The number of aromatic nitrogens is 1. The van der Waals surface area contributed by atoms with Gasteiger partial charge in [-0.15, -0.1) is 11.6 Å². The third-order valence-electron chi connectivity index (χ3n) is 1.77. The zero-order chi connectivity index (χ0) is 12.5. The normalized spacial score (nSPS) is 12.2. The van der Waals surface area contributed by atoms with E-state index >= 15 is 0 Å². The number of hydrogen-bond donors (Lipinski definition) is 0. The molecule has 1 nitrogen and oxygen atoms in total. The lowest BCUT2D eigenvalue weighted by Crippen LogP contribution is -2.12. The molecule has 1 rings (SSSR count). The van der Waals surface area contributed by atoms with Crippen LogP contribution < -0.4 is 0 Å². The highest BCUT2D eigenvalue weighted by molar-refractivity contribution is 9.10. The Bertz CT molecular complexity index is 393. The largest absolute Gasteiger partial charge is 0.434 e. The van der Waals surface area contributed by atoms with Gasteiger partial charge in [-0.1, -0.05) is 0 Å². The van der Waals surface area contributed by atoms with Crippen LogP contribution in [0.3, 0.4) is 0 Å². The lowest BCUT2D eigenvalue weighted by atomic mass is 10.1. The van der Waals surface area contributed by atoms with Crippen molar-refractivity contribution < 1.29 is 22.0 Å². The number of alkyl halides is 6. The summed E-state index contributed by atoms with van der Waals surface area (Å²) in [6.07, 6.45) is -7.12. The SMILES string of the molecule is FC(F)c1c(CCl)cnc(C(F)(F)F)c1Br. The van der Waals surface area contributed by atoms with Crippen molar-refractivity contribution in [3.63, 3.8) is 0 Å². The summed E-state index contributed by atoms with van der Waals surface area (Å²) in [5.74, 6) is -0.330. The molecular formula is C8H4BrClF5N. The van der Waals surface area contributed by atoms with E-state index in [1.807, 2.05) is 0 Å². The van der Waals surface area contributed by atoms with Crippen molar-refractivity contribution in [2.75, 3.05) is 0 Å². The molecule has 1 heterocycles. The summed E-state index contributed by atoms with van der Waals surface area (Å²) in [5, 5.41) is 0. The summed E-state index contributed by atoms with van der Waals surface area (Å²) < 4.78 is 61.4. The Morgan fingerprint density at radius 1 is 1.38 bits per heavy atom. The van der Waals surface area contributed by atoms with Gasteiger partial charge in [0.25, 0.3) is 6.43 Å². The van der Waals surface area contributed by atoms with E-state index in [0.717, 1.165) is 0 Å². The van der Waals surface area contributed by atoms with Crippen LogP contribution in [0.1, 0.15) is 23.2 Å². The van der Waals surface area contributed by atoms with Gasteiger partial charge in [-0.2, -0.15) is 13.2 Å². The number of halogens is 7. The fourth-order valence-electron chi connectivity index (χ4n) is 1.08. The van der Waals surface area contributed by atoms with Gasteiger partial charge in [-0.25, -0.2) is 8.78 Å². The van der Waals surface area contributed by atoms with Crippen molar-refractivity contribution in [2.45, 2.75) is 18.5 Å². The summed E-state index contributed by atoms with van der Waals surface area (Å²) in [5.41, 5.74) is -2.27. The van der Waals surface area contributed by atoms with Gasteiger partial charge < -0.3 is 0 Å². The molecule has 90 valence electrons. The minimum absolute atomic E-state index is 0.128. The molecule has 0 saturated carbocycles. The molecule has 0 N–H and O–H groups in total. The minimum Gasteiger partial charge on any atom is -0.250 e. The second kappa shape index (κ2) is 4.83. The number of pyridine rings is 1. The van der Waals surface area contributed by atoms with E-state index in [1.165, 1.54) is 0 Å². The molecular weight excluding hydrogens is 320 g/mol. The molecule has 8 heteroatoms. The highest BCUT2D eigenvalue weighted by Crippen LogP contribution is 2.39. The average Bonchev–Trinajstić information content (AvgIpc) is 2.14. The Morgan fingerprint density at radius 2 is 1.94 bits per heavy atom. The first kappa shape index (κ1) is 13.6. The molecule has 1 aromatic rings. The van der Waals surface area contributed by atoms with Crippen molar-refractivity contribution >= 4 is 27.5 Å². The molecule has 0 aliphatic carbocycles. The first-order valence-corrected chi connectivity index (χ1v) is 5.20. The van der Waals surface area contributed by atoms with Crippen LogP contribution in [0, 0.1) is 0 Å². The highest BCUT2D eigenvalue weighted by Gasteiger charge is 2.37. The molecule has 0 fully saturated rings. The van der Waals surface area contributed by atoms with Crippen molar-refractivity contribution in [1.29, 1.82) is 0 Å². The first-order chi connectivity index (χ1) is 7.29. The van der Waals surface area contributed by atoms with Gasteiger partial charge >= 0.3 is 6.18 Å². The first-order valence-electron chi connectivity index (χ1n) is 3.87. The summed E-state index contributed by atoms with van der Waals surface area (Å²) in [6, 6.07) is 0. The highest BCUT2D eigenvalue weighted by atomic mass is 79.9. The van der Waals surface area contributed by atoms with E-state index in [0.29, 0.717) is 6.20 Å². The van der Waals surface area contributed by atoms with Crippen LogP contribution in [0.5, 0.6) is 0 Å². The van der Waals surface area contributed by atoms with Crippen molar-refractivity contribution in [3.05, 3.63) is 27.5 Å².